The minimum Gasteiger partial charge on any atom is -0.384 e. The van der Waals surface area contributed by atoms with Crippen LogP contribution in [-0.2, 0) is 4.74 Å². The lowest BCUT2D eigenvalue weighted by Crippen LogP contribution is -1.82. The zero-order chi connectivity index (χ0) is 6.95. The lowest BCUT2D eigenvalue weighted by atomic mass is 10.4. The number of ether oxygens (including phenoxy) is 1. The summed E-state index contributed by atoms with van der Waals surface area (Å²) < 4.78 is 4.82. The van der Waals surface area contributed by atoms with Crippen molar-refractivity contribution in [2.24, 2.45) is 0 Å². The first kappa shape index (κ1) is 8.26. The SMILES string of the molecule is CC#C/C=C\CCOC. The van der Waals surface area contributed by atoms with Crippen LogP contribution >= 0.6 is 0 Å². The maximum atomic E-state index is 4.82. The van der Waals surface area contributed by atoms with Gasteiger partial charge in [0, 0.05) is 13.7 Å². The van der Waals surface area contributed by atoms with Crippen LogP contribution in [0.3, 0.4) is 0 Å². The number of rotatable bonds is 3. The summed E-state index contributed by atoms with van der Waals surface area (Å²) in [6.07, 6.45) is 4.80. The predicted octanol–water partition coefficient (Wildman–Crippen LogP) is 1.60. The average molecular weight is 124 g/mol. The molecule has 0 heterocycles. The predicted molar refractivity (Wildman–Crippen MR) is 39.1 cm³/mol. The van der Waals surface area contributed by atoms with Crippen molar-refractivity contribution in [3.05, 3.63) is 12.2 Å². The smallest absolute Gasteiger partial charge is 0.0497 e. The van der Waals surface area contributed by atoms with E-state index in [4.69, 9.17) is 4.74 Å². The Labute approximate surface area is 56.7 Å². The molecule has 0 aliphatic rings. The lowest BCUT2D eigenvalue weighted by Gasteiger charge is -1.87. The molecule has 0 aromatic heterocycles. The molecule has 0 aliphatic heterocycles. The normalized spacial score (nSPS) is 9.11. The van der Waals surface area contributed by atoms with E-state index in [0.29, 0.717) is 0 Å². The quantitative estimate of drug-likeness (QED) is 0.410. The van der Waals surface area contributed by atoms with E-state index in [-0.39, 0.29) is 0 Å². The molecule has 0 bridgehead atoms. The Bertz CT molecular complexity index is 125. The molecular weight excluding hydrogens is 112 g/mol. The van der Waals surface area contributed by atoms with Gasteiger partial charge in [-0.2, -0.15) is 0 Å². The molecule has 0 saturated heterocycles. The summed E-state index contributed by atoms with van der Waals surface area (Å²) in [5.41, 5.74) is 0. The van der Waals surface area contributed by atoms with E-state index < -0.39 is 0 Å². The van der Waals surface area contributed by atoms with Gasteiger partial charge in [-0.15, -0.1) is 5.92 Å². The van der Waals surface area contributed by atoms with E-state index in [1.807, 2.05) is 19.1 Å². The van der Waals surface area contributed by atoms with Crippen LogP contribution in [0.4, 0.5) is 0 Å². The van der Waals surface area contributed by atoms with E-state index in [2.05, 4.69) is 11.8 Å². The van der Waals surface area contributed by atoms with Crippen molar-refractivity contribution < 1.29 is 4.74 Å². The van der Waals surface area contributed by atoms with Crippen LogP contribution in [0.2, 0.25) is 0 Å². The fourth-order valence-electron chi connectivity index (χ4n) is 0.411. The topological polar surface area (TPSA) is 9.23 Å². The van der Waals surface area contributed by atoms with Crippen LogP contribution in [0, 0.1) is 11.8 Å². The van der Waals surface area contributed by atoms with Crippen LogP contribution in [0.5, 0.6) is 0 Å². The Hall–Kier alpha value is -0.740. The molecule has 0 unspecified atom stereocenters. The maximum Gasteiger partial charge on any atom is 0.0497 e. The van der Waals surface area contributed by atoms with Gasteiger partial charge in [-0.25, -0.2) is 0 Å². The molecule has 1 nitrogen and oxygen atoms in total. The molecule has 0 saturated carbocycles. The van der Waals surface area contributed by atoms with Gasteiger partial charge in [0.2, 0.25) is 0 Å². The van der Waals surface area contributed by atoms with Crippen molar-refractivity contribution >= 4 is 0 Å². The summed E-state index contributed by atoms with van der Waals surface area (Å²) in [7, 11) is 1.69. The molecule has 0 rings (SSSR count). The third kappa shape index (κ3) is 7.26. The van der Waals surface area contributed by atoms with Crippen LogP contribution in [-0.4, -0.2) is 13.7 Å². The molecule has 0 atom stereocenters. The standard InChI is InChI=1S/C8H12O/c1-3-4-5-6-7-8-9-2/h5-6H,7-8H2,1-2H3/b6-5-. The van der Waals surface area contributed by atoms with Gasteiger partial charge in [-0.3, -0.25) is 0 Å². The molecule has 0 N–H and O–H groups in total. The van der Waals surface area contributed by atoms with Crippen molar-refractivity contribution in [1.82, 2.24) is 0 Å². The Morgan fingerprint density at radius 3 is 2.89 bits per heavy atom. The van der Waals surface area contributed by atoms with Gasteiger partial charge in [-0.1, -0.05) is 12.0 Å². The van der Waals surface area contributed by atoms with E-state index in [0.717, 1.165) is 13.0 Å². The Morgan fingerprint density at radius 1 is 1.56 bits per heavy atom. The summed E-state index contributed by atoms with van der Waals surface area (Å²) in [5.74, 6) is 5.59. The highest BCUT2D eigenvalue weighted by atomic mass is 16.5. The van der Waals surface area contributed by atoms with E-state index in [9.17, 15) is 0 Å². The van der Waals surface area contributed by atoms with Gasteiger partial charge >= 0.3 is 0 Å². The minimum atomic E-state index is 0.780. The Morgan fingerprint density at radius 2 is 2.33 bits per heavy atom. The molecule has 1 heteroatoms. The molecule has 0 spiro atoms. The highest BCUT2D eigenvalue weighted by Gasteiger charge is 1.73. The molecule has 50 valence electrons. The number of allylic oxidation sites excluding steroid dienone is 1. The van der Waals surface area contributed by atoms with Crippen molar-refractivity contribution in [3.63, 3.8) is 0 Å². The second-order valence-electron chi connectivity index (χ2n) is 1.58. The molecule has 0 aliphatic carbocycles. The van der Waals surface area contributed by atoms with Crippen molar-refractivity contribution in [2.45, 2.75) is 13.3 Å². The summed E-state index contributed by atoms with van der Waals surface area (Å²) in [6.45, 7) is 2.60. The van der Waals surface area contributed by atoms with Gasteiger partial charge < -0.3 is 4.74 Å². The minimum absolute atomic E-state index is 0.780. The maximum absolute atomic E-state index is 4.82. The second-order valence-corrected chi connectivity index (χ2v) is 1.58. The van der Waals surface area contributed by atoms with Gasteiger partial charge in [0.25, 0.3) is 0 Å². The zero-order valence-electron chi connectivity index (χ0n) is 5.98. The first-order chi connectivity index (χ1) is 4.41. The molecule has 0 amide bonds. The summed E-state index contributed by atoms with van der Waals surface area (Å²) in [5, 5.41) is 0. The van der Waals surface area contributed by atoms with E-state index in [1.165, 1.54) is 0 Å². The van der Waals surface area contributed by atoms with Crippen LogP contribution in [0.1, 0.15) is 13.3 Å². The van der Waals surface area contributed by atoms with Crippen molar-refractivity contribution in [1.29, 1.82) is 0 Å². The first-order valence-electron chi connectivity index (χ1n) is 2.98. The molecular formula is C8H12O. The molecule has 0 radical (unpaired) electrons. The monoisotopic (exact) mass is 124 g/mol. The van der Waals surface area contributed by atoms with Crippen LogP contribution in [0.25, 0.3) is 0 Å². The third-order valence-electron chi connectivity index (χ3n) is 0.834. The lowest BCUT2D eigenvalue weighted by molar-refractivity contribution is 0.204. The highest BCUT2D eigenvalue weighted by Crippen LogP contribution is 1.81. The van der Waals surface area contributed by atoms with E-state index >= 15 is 0 Å². The van der Waals surface area contributed by atoms with Crippen molar-refractivity contribution in [3.8, 4) is 11.8 Å². The first-order valence-corrected chi connectivity index (χ1v) is 2.98. The van der Waals surface area contributed by atoms with Gasteiger partial charge in [0.1, 0.15) is 0 Å². The Kier molecular flexibility index (Phi) is 6.66. The largest absolute Gasteiger partial charge is 0.384 e. The summed E-state index contributed by atoms with van der Waals surface area (Å²) in [4.78, 5) is 0. The number of hydrogen-bond acceptors (Lipinski definition) is 1. The van der Waals surface area contributed by atoms with Gasteiger partial charge in [-0.05, 0) is 19.4 Å². The fraction of sp³-hybridized carbons (Fsp3) is 0.500. The van der Waals surface area contributed by atoms with Crippen LogP contribution < -0.4 is 0 Å². The average Bonchev–Trinajstić information content (AvgIpc) is 1.89. The second kappa shape index (κ2) is 7.26. The summed E-state index contributed by atoms with van der Waals surface area (Å²) in [6, 6.07) is 0. The van der Waals surface area contributed by atoms with Crippen molar-refractivity contribution in [2.75, 3.05) is 13.7 Å². The summed E-state index contributed by atoms with van der Waals surface area (Å²) >= 11 is 0. The molecule has 0 aromatic rings. The van der Waals surface area contributed by atoms with Gasteiger partial charge in [0.05, 0.1) is 0 Å². The third-order valence-corrected chi connectivity index (χ3v) is 0.834. The molecule has 9 heavy (non-hydrogen) atoms. The fourth-order valence-corrected chi connectivity index (χ4v) is 0.411. The Balaban J connectivity index is 3.11. The zero-order valence-corrected chi connectivity index (χ0v) is 5.98. The molecule has 0 fully saturated rings. The van der Waals surface area contributed by atoms with E-state index in [1.54, 1.807) is 7.11 Å². The van der Waals surface area contributed by atoms with Gasteiger partial charge in [0.15, 0.2) is 0 Å². The number of hydrogen-bond donors (Lipinski definition) is 0. The number of methoxy groups -OCH3 is 1. The highest BCUT2D eigenvalue weighted by molar-refractivity contribution is 5.13. The molecule has 0 aromatic carbocycles. The van der Waals surface area contributed by atoms with Crippen LogP contribution in [0.15, 0.2) is 12.2 Å².